The zero-order valence-corrected chi connectivity index (χ0v) is 10.7. The van der Waals surface area contributed by atoms with Crippen LogP contribution in [0, 0.1) is 5.92 Å². The van der Waals surface area contributed by atoms with Gasteiger partial charge in [-0.3, -0.25) is 4.79 Å². The average Bonchev–Trinajstić information content (AvgIpc) is 2.82. The molecule has 1 aliphatic carbocycles. The molecule has 0 saturated heterocycles. The molecule has 1 saturated carbocycles. The van der Waals surface area contributed by atoms with Crippen molar-refractivity contribution in [3.8, 4) is 0 Å². The SMILES string of the molecule is O=C(Cc1cccs1)NC1CCCCC1CO. The molecule has 0 spiro atoms. The molecule has 1 aromatic heterocycles. The molecule has 1 aliphatic rings. The Morgan fingerprint density at radius 3 is 3.00 bits per heavy atom. The van der Waals surface area contributed by atoms with Crippen LogP contribution >= 0.6 is 11.3 Å². The number of hydrogen-bond donors (Lipinski definition) is 2. The lowest BCUT2D eigenvalue weighted by atomic mass is 9.85. The number of nitrogens with one attached hydrogen (secondary N) is 1. The standard InChI is InChI=1S/C13H19NO2S/c15-9-10-4-1-2-6-12(10)14-13(16)8-11-5-3-7-17-11/h3,5,7,10,12,15H,1-2,4,6,8-9H2,(H,14,16). The number of carbonyl (C=O) groups excluding carboxylic acids is 1. The van der Waals surface area contributed by atoms with Crippen LogP contribution in [0.5, 0.6) is 0 Å². The molecule has 2 atom stereocenters. The van der Waals surface area contributed by atoms with E-state index in [0.717, 1.165) is 24.1 Å². The number of carbonyl (C=O) groups is 1. The quantitative estimate of drug-likeness (QED) is 0.861. The first-order chi connectivity index (χ1) is 8.29. The van der Waals surface area contributed by atoms with Crippen molar-refractivity contribution in [2.45, 2.75) is 38.1 Å². The van der Waals surface area contributed by atoms with E-state index in [9.17, 15) is 9.90 Å². The molecule has 0 radical (unpaired) electrons. The van der Waals surface area contributed by atoms with E-state index in [1.165, 1.54) is 6.42 Å². The summed E-state index contributed by atoms with van der Waals surface area (Å²) in [4.78, 5) is 13.0. The van der Waals surface area contributed by atoms with Gasteiger partial charge in [-0.1, -0.05) is 18.9 Å². The highest BCUT2D eigenvalue weighted by Gasteiger charge is 2.25. The molecule has 1 amide bonds. The first-order valence-electron chi connectivity index (χ1n) is 6.22. The Morgan fingerprint density at radius 2 is 2.29 bits per heavy atom. The second-order valence-electron chi connectivity index (χ2n) is 4.66. The molecule has 1 fully saturated rings. The Labute approximate surface area is 106 Å². The Hall–Kier alpha value is -0.870. The number of rotatable bonds is 4. The number of aliphatic hydroxyl groups is 1. The minimum atomic E-state index is 0.0813. The van der Waals surface area contributed by atoms with Crippen LogP contribution in [0.2, 0.25) is 0 Å². The zero-order valence-electron chi connectivity index (χ0n) is 9.89. The highest BCUT2D eigenvalue weighted by atomic mass is 32.1. The zero-order chi connectivity index (χ0) is 12.1. The van der Waals surface area contributed by atoms with E-state index in [-0.39, 0.29) is 24.5 Å². The summed E-state index contributed by atoms with van der Waals surface area (Å²) in [5.74, 6) is 0.328. The summed E-state index contributed by atoms with van der Waals surface area (Å²) in [6.45, 7) is 0.184. The minimum Gasteiger partial charge on any atom is -0.396 e. The fourth-order valence-electron chi connectivity index (χ4n) is 2.45. The van der Waals surface area contributed by atoms with E-state index >= 15 is 0 Å². The van der Waals surface area contributed by atoms with Crippen LogP contribution in [-0.2, 0) is 11.2 Å². The Bertz CT molecular complexity index is 350. The van der Waals surface area contributed by atoms with Gasteiger partial charge in [-0.25, -0.2) is 0 Å². The van der Waals surface area contributed by atoms with Crippen molar-refractivity contribution in [3.05, 3.63) is 22.4 Å². The van der Waals surface area contributed by atoms with E-state index in [1.807, 2.05) is 17.5 Å². The van der Waals surface area contributed by atoms with E-state index in [1.54, 1.807) is 11.3 Å². The van der Waals surface area contributed by atoms with Crippen LogP contribution in [0.3, 0.4) is 0 Å². The number of thiophene rings is 1. The van der Waals surface area contributed by atoms with Gasteiger partial charge in [0.1, 0.15) is 0 Å². The Kier molecular flexibility index (Phi) is 4.57. The van der Waals surface area contributed by atoms with Gasteiger partial charge >= 0.3 is 0 Å². The largest absolute Gasteiger partial charge is 0.396 e. The van der Waals surface area contributed by atoms with Crippen LogP contribution < -0.4 is 5.32 Å². The van der Waals surface area contributed by atoms with Gasteiger partial charge in [0, 0.05) is 23.4 Å². The summed E-state index contributed by atoms with van der Waals surface area (Å²) in [6.07, 6.45) is 4.82. The normalized spacial score (nSPS) is 24.5. The van der Waals surface area contributed by atoms with Gasteiger partial charge in [-0.2, -0.15) is 0 Å². The molecule has 0 bridgehead atoms. The van der Waals surface area contributed by atoms with Gasteiger partial charge in [-0.15, -0.1) is 11.3 Å². The van der Waals surface area contributed by atoms with Crippen molar-refractivity contribution in [2.75, 3.05) is 6.61 Å². The molecule has 2 rings (SSSR count). The Balaban J connectivity index is 1.84. The van der Waals surface area contributed by atoms with Gasteiger partial charge in [0.2, 0.25) is 5.91 Å². The van der Waals surface area contributed by atoms with Crippen LogP contribution in [0.25, 0.3) is 0 Å². The van der Waals surface area contributed by atoms with Crippen molar-refractivity contribution in [2.24, 2.45) is 5.92 Å². The maximum absolute atomic E-state index is 11.9. The van der Waals surface area contributed by atoms with Crippen LogP contribution in [0.1, 0.15) is 30.6 Å². The topological polar surface area (TPSA) is 49.3 Å². The van der Waals surface area contributed by atoms with Crippen molar-refractivity contribution >= 4 is 17.2 Å². The maximum atomic E-state index is 11.9. The molecule has 94 valence electrons. The van der Waals surface area contributed by atoms with Crippen molar-refractivity contribution in [1.82, 2.24) is 5.32 Å². The van der Waals surface area contributed by atoms with Gasteiger partial charge in [0.05, 0.1) is 6.42 Å². The predicted octanol–water partition coefficient (Wildman–Crippen LogP) is 1.96. The molecule has 1 aromatic rings. The predicted molar refractivity (Wildman–Crippen MR) is 69.0 cm³/mol. The monoisotopic (exact) mass is 253 g/mol. The highest BCUT2D eigenvalue weighted by Crippen LogP contribution is 2.24. The fraction of sp³-hybridized carbons (Fsp3) is 0.615. The minimum absolute atomic E-state index is 0.0813. The molecule has 3 nitrogen and oxygen atoms in total. The Morgan fingerprint density at radius 1 is 1.47 bits per heavy atom. The molecular weight excluding hydrogens is 234 g/mol. The first-order valence-corrected chi connectivity index (χ1v) is 7.10. The number of aliphatic hydroxyl groups excluding tert-OH is 1. The van der Waals surface area contributed by atoms with E-state index < -0.39 is 0 Å². The third-order valence-electron chi connectivity index (χ3n) is 3.40. The molecule has 0 aliphatic heterocycles. The molecule has 0 aromatic carbocycles. The second kappa shape index (κ2) is 6.17. The third kappa shape index (κ3) is 3.54. The van der Waals surface area contributed by atoms with Crippen LogP contribution in [0.15, 0.2) is 17.5 Å². The summed E-state index contributed by atoms with van der Waals surface area (Å²) in [5, 5.41) is 14.3. The molecular formula is C13H19NO2S. The van der Waals surface area contributed by atoms with Crippen LogP contribution in [0.4, 0.5) is 0 Å². The summed E-state index contributed by atoms with van der Waals surface area (Å²) in [5.41, 5.74) is 0. The number of amides is 1. The van der Waals surface area contributed by atoms with Crippen molar-refractivity contribution in [1.29, 1.82) is 0 Å². The van der Waals surface area contributed by atoms with Crippen LogP contribution in [-0.4, -0.2) is 23.7 Å². The van der Waals surface area contributed by atoms with Crippen molar-refractivity contribution in [3.63, 3.8) is 0 Å². The molecule has 2 N–H and O–H groups in total. The van der Waals surface area contributed by atoms with E-state index in [0.29, 0.717) is 6.42 Å². The lowest BCUT2D eigenvalue weighted by Gasteiger charge is -2.30. The van der Waals surface area contributed by atoms with E-state index in [4.69, 9.17) is 0 Å². The summed E-state index contributed by atoms with van der Waals surface area (Å²) in [7, 11) is 0. The van der Waals surface area contributed by atoms with Gasteiger partial charge in [0.25, 0.3) is 0 Å². The molecule has 2 unspecified atom stereocenters. The maximum Gasteiger partial charge on any atom is 0.225 e. The fourth-order valence-corrected chi connectivity index (χ4v) is 3.15. The molecule has 17 heavy (non-hydrogen) atoms. The smallest absolute Gasteiger partial charge is 0.225 e. The summed E-state index contributed by atoms with van der Waals surface area (Å²) >= 11 is 1.61. The lowest BCUT2D eigenvalue weighted by molar-refractivity contribution is -0.121. The summed E-state index contributed by atoms with van der Waals surface area (Å²) < 4.78 is 0. The van der Waals surface area contributed by atoms with Crippen molar-refractivity contribution < 1.29 is 9.90 Å². The lowest BCUT2D eigenvalue weighted by Crippen LogP contribution is -2.43. The molecule has 1 heterocycles. The third-order valence-corrected chi connectivity index (χ3v) is 4.28. The average molecular weight is 253 g/mol. The van der Waals surface area contributed by atoms with Gasteiger partial charge < -0.3 is 10.4 Å². The van der Waals surface area contributed by atoms with Gasteiger partial charge in [0.15, 0.2) is 0 Å². The number of hydrogen-bond acceptors (Lipinski definition) is 3. The highest BCUT2D eigenvalue weighted by molar-refractivity contribution is 7.10. The van der Waals surface area contributed by atoms with E-state index in [2.05, 4.69) is 5.32 Å². The second-order valence-corrected chi connectivity index (χ2v) is 5.69. The summed E-state index contributed by atoms with van der Waals surface area (Å²) in [6, 6.07) is 4.11. The van der Waals surface area contributed by atoms with Gasteiger partial charge in [-0.05, 0) is 24.3 Å². The first kappa shape index (κ1) is 12.6. The molecule has 4 heteroatoms.